The number of ketones is 1. The monoisotopic (exact) mass is 411 g/mol. The summed E-state index contributed by atoms with van der Waals surface area (Å²) in [6, 6.07) is 20.0. The summed E-state index contributed by atoms with van der Waals surface area (Å²) < 4.78 is 5.57. The second-order valence-corrected chi connectivity index (χ2v) is 7.95. The van der Waals surface area contributed by atoms with Gasteiger partial charge in [0.25, 0.3) is 0 Å². The number of anilines is 2. The Balaban J connectivity index is 1.54. The minimum atomic E-state index is -0.206. The van der Waals surface area contributed by atoms with Crippen molar-refractivity contribution in [3.05, 3.63) is 95.5 Å². The number of hydrogen-bond donors (Lipinski definition) is 2. The average molecular weight is 412 g/mol. The number of nitrogens with zero attached hydrogens (tertiary/aromatic N) is 1. The van der Waals surface area contributed by atoms with Crippen molar-refractivity contribution in [2.75, 3.05) is 17.2 Å². The maximum absolute atomic E-state index is 13.5. The van der Waals surface area contributed by atoms with Gasteiger partial charge in [0.15, 0.2) is 5.78 Å². The van der Waals surface area contributed by atoms with Gasteiger partial charge in [0.05, 0.1) is 24.0 Å². The molecule has 156 valence electrons. The lowest BCUT2D eigenvalue weighted by Crippen LogP contribution is -2.26. The van der Waals surface area contributed by atoms with Crippen molar-refractivity contribution >= 4 is 17.2 Å². The zero-order valence-electron chi connectivity index (χ0n) is 17.5. The lowest BCUT2D eigenvalue weighted by Gasteiger charge is -2.30. The first-order chi connectivity index (χ1) is 15.2. The van der Waals surface area contributed by atoms with Gasteiger partial charge in [-0.1, -0.05) is 24.3 Å². The molecule has 0 spiro atoms. The highest BCUT2D eigenvalue weighted by Gasteiger charge is 2.35. The Labute approximate surface area is 182 Å². The number of carbonyl (C=O) groups excluding carboxylic acids is 1. The van der Waals surface area contributed by atoms with Gasteiger partial charge in [0, 0.05) is 30.1 Å². The van der Waals surface area contributed by atoms with Gasteiger partial charge < -0.3 is 15.4 Å². The maximum Gasteiger partial charge on any atom is 0.163 e. The van der Waals surface area contributed by atoms with Crippen molar-refractivity contribution in [3.8, 4) is 5.75 Å². The normalized spacial score (nSPS) is 20.1. The van der Waals surface area contributed by atoms with Crippen molar-refractivity contribution in [2.45, 2.75) is 31.7 Å². The molecule has 1 aliphatic carbocycles. The van der Waals surface area contributed by atoms with Crippen molar-refractivity contribution in [3.63, 3.8) is 0 Å². The van der Waals surface area contributed by atoms with E-state index in [-0.39, 0.29) is 17.7 Å². The number of rotatable bonds is 4. The molecule has 2 N–H and O–H groups in total. The zero-order chi connectivity index (χ0) is 21.2. The van der Waals surface area contributed by atoms with Crippen LogP contribution in [0, 0.1) is 0 Å². The van der Waals surface area contributed by atoms with Crippen molar-refractivity contribution in [1.29, 1.82) is 0 Å². The van der Waals surface area contributed by atoms with Crippen LogP contribution < -0.4 is 15.4 Å². The van der Waals surface area contributed by atoms with Crippen LogP contribution in [0.4, 0.5) is 11.4 Å². The minimum absolute atomic E-state index is 0.137. The van der Waals surface area contributed by atoms with Gasteiger partial charge in [0.2, 0.25) is 0 Å². The van der Waals surface area contributed by atoms with Crippen LogP contribution in [-0.2, 0) is 4.79 Å². The van der Waals surface area contributed by atoms with Gasteiger partial charge in [-0.25, -0.2) is 0 Å². The number of allylic oxidation sites excluding steroid dienone is 1. The predicted octanol–water partition coefficient (Wildman–Crippen LogP) is 5.46. The van der Waals surface area contributed by atoms with E-state index >= 15 is 0 Å². The Morgan fingerprint density at radius 3 is 2.42 bits per heavy atom. The van der Waals surface area contributed by atoms with Crippen LogP contribution >= 0.6 is 0 Å². The van der Waals surface area contributed by atoms with Crippen molar-refractivity contribution in [2.24, 2.45) is 0 Å². The molecule has 2 heterocycles. The van der Waals surface area contributed by atoms with Gasteiger partial charge in [-0.05, 0) is 66.8 Å². The Bertz CT molecular complexity index is 1120. The number of nitrogens with one attached hydrogen (secondary N) is 2. The molecule has 0 fully saturated rings. The molecule has 0 amide bonds. The van der Waals surface area contributed by atoms with Gasteiger partial charge >= 0.3 is 0 Å². The number of pyridine rings is 1. The van der Waals surface area contributed by atoms with Crippen molar-refractivity contribution < 1.29 is 9.53 Å². The fourth-order valence-corrected chi connectivity index (χ4v) is 4.54. The fraction of sp³-hybridized carbons (Fsp3) is 0.231. The molecule has 0 saturated carbocycles. The summed E-state index contributed by atoms with van der Waals surface area (Å²) in [6.07, 6.45) is 4.83. The van der Waals surface area contributed by atoms with E-state index in [1.165, 1.54) is 0 Å². The van der Waals surface area contributed by atoms with Crippen LogP contribution in [0.2, 0.25) is 0 Å². The second kappa shape index (κ2) is 8.26. The molecule has 3 aromatic rings. The third-order valence-electron chi connectivity index (χ3n) is 6.01. The van der Waals surface area contributed by atoms with Gasteiger partial charge in [-0.15, -0.1) is 0 Å². The quantitative estimate of drug-likeness (QED) is 0.597. The number of aromatic nitrogens is 1. The van der Waals surface area contributed by atoms with Gasteiger partial charge in [0.1, 0.15) is 5.75 Å². The summed E-state index contributed by atoms with van der Waals surface area (Å²) in [7, 11) is 0. The molecule has 2 atom stereocenters. The summed E-state index contributed by atoms with van der Waals surface area (Å²) in [5.41, 5.74) is 6.00. The molecule has 2 aromatic carbocycles. The Hall–Kier alpha value is -3.60. The third kappa shape index (κ3) is 3.79. The summed E-state index contributed by atoms with van der Waals surface area (Å²) in [6.45, 7) is 2.62. The largest absolute Gasteiger partial charge is 0.494 e. The Morgan fingerprint density at radius 2 is 1.68 bits per heavy atom. The fourth-order valence-electron chi connectivity index (χ4n) is 4.54. The molecule has 1 aromatic heterocycles. The zero-order valence-corrected chi connectivity index (χ0v) is 17.5. The summed E-state index contributed by atoms with van der Waals surface area (Å²) >= 11 is 0. The van der Waals surface area contributed by atoms with E-state index < -0.39 is 0 Å². The number of para-hydroxylation sites is 2. The molecular formula is C26H25N3O2. The third-order valence-corrected chi connectivity index (χ3v) is 6.01. The van der Waals surface area contributed by atoms with E-state index in [2.05, 4.69) is 27.8 Å². The van der Waals surface area contributed by atoms with Gasteiger partial charge in [-0.3, -0.25) is 9.78 Å². The van der Waals surface area contributed by atoms with Crippen LogP contribution in [0.15, 0.2) is 84.3 Å². The number of Topliss-reactive ketones (excluding diaryl/α,β-unsaturated/α-hetero) is 1. The first kappa shape index (κ1) is 19.4. The number of hydrogen-bond acceptors (Lipinski definition) is 5. The molecule has 31 heavy (non-hydrogen) atoms. The molecule has 1 aliphatic heterocycles. The predicted molar refractivity (Wildman–Crippen MR) is 122 cm³/mol. The molecule has 5 heteroatoms. The Morgan fingerprint density at radius 1 is 0.935 bits per heavy atom. The molecular weight excluding hydrogens is 386 g/mol. The molecule has 0 bridgehead atoms. The highest BCUT2D eigenvalue weighted by molar-refractivity contribution is 6.01. The maximum atomic E-state index is 13.5. The first-order valence-electron chi connectivity index (χ1n) is 10.7. The molecule has 0 saturated heterocycles. The number of ether oxygens (including phenoxy) is 1. The minimum Gasteiger partial charge on any atom is -0.494 e. The number of benzene rings is 2. The van der Waals surface area contributed by atoms with Crippen LogP contribution in [0.1, 0.15) is 42.9 Å². The summed E-state index contributed by atoms with van der Waals surface area (Å²) in [5.74, 6) is 1.17. The second-order valence-electron chi connectivity index (χ2n) is 7.95. The molecule has 5 nitrogen and oxygen atoms in total. The lowest BCUT2D eigenvalue weighted by molar-refractivity contribution is -0.116. The van der Waals surface area contributed by atoms with Crippen LogP contribution in [0.25, 0.3) is 0 Å². The van der Waals surface area contributed by atoms with E-state index in [1.807, 2.05) is 55.5 Å². The number of carbonyl (C=O) groups is 1. The molecule has 5 rings (SSSR count). The number of fused-ring (bicyclic) bond motifs is 1. The van der Waals surface area contributed by atoms with Gasteiger partial charge in [-0.2, -0.15) is 0 Å². The summed E-state index contributed by atoms with van der Waals surface area (Å²) in [5, 5.41) is 7.17. The molecule has 0 radical (unpaired) electrons. The first-order valence-corrected chi connectivity index (χ1v) is 10.7. The average Bonchev–Trinajstić information content (AvgIpc) is 2.97. The lowest BCUT2D eigenvalue weighted by atomic mass is 9.78. The van der Waals surface area contributed by atoms with Crippen LogP contribution in [-0.4, -0.2) is 17.4 Å². The highest BCUT2D eigenvalue weighted by atomic mass is 16.5. The molecule has 2 aliphatic rings. The summed E-state index contributed by atoms with van der Waals surface area (Å²) in [4.78, 5) is 17.6. The Kier molecular flexibility index (Phi) is 5.16. The van der Waals surface area contributed by atoms with E-state index in [9.17, 15) is 4.79 Å². The van der Waals surface area contributed by atoms with E-state index in [0.717, 1.165) is 45.9 Å². The smallest absolute Gasteiger partial charge is 0.163 e. The van der Waals surface area contributed by atoms with Crippen molar-refractivity contribution in [1.82, 2.24) is 4.98 Å². The highest BCUT2D eigenvalue weighted by Crippen LogP contribution is 2.44. The topological polar surface area (TPSA) is 63.2 Å². The van der Waals surface area contributed by atoms with E-state index in [0.29, 0.717) is 13.0 Å². The standard InChI is InChI=1S/C26H25N3O2/c1-2-31-20-9-7-17(8-10-20)19-15-23-25(24(30)16-19)26(18-11-13-27-14-12-18)29-22-6-4-3-5-21(22)28-23/h3-14,19,26,28-29H,2,15-16H2,1H3/t19-,26-/m0/s1. The SMILES string of the molecule is CCOc1ccc([C@@H]2CC(=O)C3=C(C2)Nc2ccccc2N[C@H]3c2ccncc2)cc1. The van der Waals surface area contributed by atoms with Crippen LogP contribution in [0.3, 0.4) is 0 Å². The van der Waals surface area contributed by atoms with Crippen LogP contribution in [0.5, 0.6) is 5.75 Å². The van der Waals surface area contributed by atoms with E-state index in [4.69, 9.17) is 4.74 Å². The van der Waals surface area contributed by atoms with E-state index in [1.54, 1.807) is 12.4 Å². The molecule has 0 unspecified atom stereocenters.